The van der Waals surface area contributed by atoms with Gasteiger partial charge in [-0.2, -0.15) is 8.42 Å². The van der Waals surface area contributed by atoms with Crippen molar-refractivity contribution in [3.8, 4) is 5.75 Å². The van der Waals surface area contributed by atoms with Crippen LogP contribution in [-0.2, 0) is 37.5 Å². The van der Waals surface area contributed by atoms with Crippen LogP contribution in [0.15, 0.2) is 54.6 Å². The van der Waals surface area contributed by atoms with Crippen molar-refractivity contribution < 1.29 is 71.9 Å². The van der Waals surface area contributed by atoms with Crippen molar-refractivity contribution >= 4 is 28.0 Å². The Hall–Kier alpha value is -2.68. The van der Waals surface area contributed by atoms with Gasteiger partial charge in [-0.1, -0.05) is 54.6 Å². The monoisotopic (exact) mass is 531 g/mol. The maximum Gasteiger partial charge on any atom is 1.00 e. The van der Waals surface area contributed by atoms with Crippen LogP contribution in [0.25, 0.3) is 0 Å². The number of alkyl carbamates (subject to hydrolysis) is 1. The average Bonchev–Trinajstić information content (AvgIpc) is 2.81. The summed E-state index contributed by atoms with van der Waals surface area (Å²) in [6.07, 6.45) is -1.08. The van der Waals surface area contributed by atoms with Gasteiger partial charge in [0.1, 0.15) is 19.2 Å². The Morgan fingerprint density at radius 2 is 1.61 bits per heavy atom. The van der Waals surface area contributed by atoms with E-state index in [1.165, 1.54) is 31.2 Å². The number of aliphatic hydroxyl groups excluding tert-OH is 1. The molecule has 0 aliphatic heterocycles. The molecule has 2 aromatic carbocycles. The van der Waals surface area contributed by atoms with Gasteiger partial charge in [-0.15, -0.1) is 5.75 Å². The fraction of sp³-hybridized carbons (Fsp3) is 0.318. The Morgan fingerprint density at radius 1 is 1.00 bits per heavy atom. The summed E-state index contributed by atoms with van der Waals surface area (Å²) in [6, 6.07) is 11.4. The number of ether oxygens (including phenoxy) is 1. The second-order valence-corrected chi connectivity index (χ2v) is 9.09. The number of rotatable bonds is 11. The number of nitrogens with one attached hydrogen (secondary N) is 3. The first-order chi connectivity index (χ1) is 16.5. The van der Waals surface area contributed by atoms with Crippen molar-refractivity contribution in [2.45, 2.75) is 37.5 Å². The van der Waals surface area contributed by atoms with Gasteiger partial charge >= 0.3 is 35.7 Å². The summed E-state index contributed by atoms with van der Waals surface area (Å²) in [5.41, 5.74) is -1.20. The summed E-state index contributed by atoms with van der Waals surface area (Å²) in [4.78, 5) is 36.3. The molecular weight excluding hydrogens is 505 g/mol. The molecule has 5 N–H and O–H groups in total. The van der Waals surface area contributed by atoms with Gasteiger partial charge in [0.15, 0.2) is 0 Å². The predicted molar refractivity (Wildman–Crippen MR) is 121 cm³/mol. The van der Waals surface area contributed by atoms with E-state index < -0.39 is 52.1 Å². The summed E-state index contributed by atoms with van der Waals surface area (Å²) in [6.45, 7) is 0.802. The van der Waals surface area contributed by atoms with E-state index >= 15 is 0 Å². The fourth-order valence-electron chi connectivity index (χ4n) is 2.90. The minimum absolute atomic E-state index is 0. The molecule has 190 valence electrons. The molecule has 3 atom stereocenters. The Bertz CT molecular complexity index is 1120. The van der Waals surface area contributed by atoms with E-state index in [2.05, 4.69) is 16.0 Å². The Morgan fingerprint density at radius 3 is 2.19 bits per heavy atom. The van der Waals surface area contributed by atoms with Crippen LogP contribution in [-0.4, -0.2) is 60.0 Å². The molecule has 0 fully saturated rings. The van der Waals surface area contributed by atoms with E-state index in [9.17, 15) is 37.6 Å². The number of amides is 3. The van der Waals surface area contributed by atoms with Crippen molar-refractivity contribution in [1.29, 1.82) is 0 Å². The van der Waals surface area contributed by atoms with Crippen LogP contribution in [0.2, 0.25) is 0 Å². The average molecular weight is 532 g/mol. The van der Waals surface area contributed by atoms with Crippen LogP contribution < -0.4 is 50.6 Å². The van der Waals surface area contributed by atoms with Crippen LogP contribution in [0, 0.1) is 0 Å². The van der Waals surface area contributed by atoms with Gasteiger partial charge < -0.3 is 30.9 Å². The molecule has 0 heterocycles. The molecule has 3 amide bonds. The zero-order valence-corrected chi connectivity index (χ0v) is 22.5. The second kappa shape index (κ2) is 14.8. The molecule has 14 heteroatoms. The molecule has 2 unspecified atom stereocenters. The second-order valence-electron chi connectivity index (χ2n) is 7.57. The van der Waals surface area contributed by atoms with Crippen LogP contribution in [0.5, 0.6) is 5.75 Å². The molecule has 0 aliphatic rings. The SMILES string of the molecule is C[C@H](NC(=O)CNC(=O)OCc1ccccc1)C(=O)NC(Cc1ccc([O-])cc1)C(O)S(=O)(=O)O.[Na+]. The Labute approximate surface area is 230 Å². The molecule has 0 radical (unpaired) electrons. The standard InChI is InChI=1S/C22H27N3O9S.Na/c1-14(24-19(27)12-23-22(30)34-13-16-5-3-2-4-6-16)20(28)25-18(21(29)35(31,32)33)11-15-7-9-17(26)10-8-15;/h2-10,14,18,21,26,29H,11-13H2,1H3,(H,23,30)(H,24,27)(H,25,28)(H,31,32,33);/q;+1/p-1/t14-,18?,21?;/m0./s1. The van der Waals surface area contributed by atoms with Gasteiger partial charge in [0.05, 0.1) is 6.04 Å². The fourth-order valence-corrected chi connectivity index (χ4v) is 3.48. The molecule has 0 bridgehead atoms. The Kier molecular flexibility index (Phi) is 12.9. The number of hydrogen-bond donors (Lipinski definition) is 5. The van der Waals surface area contributed by atoms with E-state index in [-0.39, 0.29) is 48.3 Å². The molecule has 2 rings (SSSR count). The van der Waals surface area contributed by atoms with E-state index in [1.807, 2.05) is 6.07 Å². The summed E-state index contributed by atoms with van der Waals surface area (Å²) in [5.74, 6) is -1.89. The molecule has 2 aromatic rings. The topological polar surface area (TPSA) is 194 Å². The maximum absolute atomic E-state index is 12.5. The van der Waals surface area contributed by atoms with Gasteiger partial charge in [-0.3, -0.25) is 14.1 Å². The smallest absolute Gasteiger partial charge is 0.872 e. The third-order valence-electron chi connectivity index (χ3n) is 4.73. The summed E-state index contributed by atoms with van der Waals surface area (Å²) < 4.78 is 37.0. The van der Waals surface area contributed by atoms with E-state index in [0.717, 1.165) is 5.56 Å². The van der Waals surface area contributed by atoms with Crippen molar-refractivity contribution in [3.05, 3.63) is 65.7 Å². The molecular formula is C22H26N3NaO9S. The first-order valence-corrected chi connectivity index (χ1v) is 11.9. The first-order valence-electron chi connectivity index (χ1n) is 10.4. The predicted octanol–water partition coefficient (Wildman–Crippen LogP) is -3.57. The van der Waals surface area contributed by atoms with Crippen LogP contribution in [0.3, 0.4) is 0 Å². The first kappa shape index (κ1) is 31.4. The van der Waals surface area contributed by atoms with E-state index in [1.54, 1.807) is 24.3 Å². The van der Waals surface area contributed by atoms with Crippen molar-refractivity contribution in [2.75, 3.05) is 6.54 Å². The van der Waals surface area contributed by atoms with Crippen LogP contribution in [0.1, 0.15) is 18.1 Å². The summed E-state index contributed by atoms with van der Waals surface area (Å²) >= 11 is 0. The normalized spacial score (nSPS) is 13.3. The number of carbonyl (C=O) groups is 3. The summed E-state index contributed by atoms with van der Waals surface area (Å²) in [5, 5.41) is 28.0. The van der Waals surface area contributed by atoms with Gasteiger partial charge in [0, 0.05) is 0 Å². The molecule has 0 spiro atoms. The number of carbonyl (C=O) groups excluding carboxylic acids is 3. The third-order valence-corrected chi connectivity index (χ3v) is 5.67. The maximum atomic E-state index is 12.5. The Balaban J connectivity index is 0.00000648. The number of aliphatic hydroxyl groups is 1. The molecule has 0 saturated carbocycles. The third kappa shape index (κ3) is 10.9. The molecule has 0 saturated heterocycles. The minimum atomic E-state index is -4.94. The van der Waals surface area contributed by atoms with Gasteiger partial charge in [-0.25, -0.2) is 4.79 Å². The summed E-state index contributed by atoms with van der Waals surface area (Å²) in [7, 11) is -4.94. The number of hydrogen-bond acceptors (Lipinski definition) is 8. The van der Waals surface area contributed by atoms with Gasteiger partial charge in [0.2, 0.25) is 17.3 Å². The molecule has 12 nitrogen and oxygen atoms in total. The molecule has 0 aliphatic carbocycles. The van der Waals surface area contributed by atoms with Crippen LogP contribution >= 0.6 is 0 Å². The van der Waals surface area contributed by atoms with Crippen molar-refractivity contribution in [2.24, 2.45) is 0 Å². The zero-order chi connectivity index (χ0) is 26.0. The quantitative estimate of drug-likeness (QED) is 0.144. The van der Waals surface area contributed by atoms with Crippen LogP contribution in [0.4, 0.5) is 4.79 Å². The van der Waals surface area contributed by atoms with Crippen molar-refractivity contribution in [1.82, 2.24) is 16.0 Å². The molecule has 36 heavy (non-hydrogen) atoms. The zero-order valence-electron chi connectivity index (χ0n) is 19.7. The van der Waals surface area contributed by atoms with E-state index in [4.69, 9.17) is 4.74 Å². The van der Waals surface area contributed by atoms with Gasteiger partial charge in [0.25, 0.3) is 10.1 Å². The van der Waals surface area contributed by atoms with E-state index in [0.29, 0.717) is 5.56 Å². The van der Waals surface area contributed by atoms with Gasteiger partial charge in [-0.05, 0) is 24.5 Å². The molecule has 0 aromatic heterocycles. The minimum Gasteiger partial charge on any atom is -0.872 e. The number of benzene rings is 2. The van der Waals surface area contributed by atoms with Crippen molar-refractivity contribution in [3.63, 3.8) is 0 Å². The largest absolute Gasteiger partial charge is 1.00 e.